The molecule has 0 bridgehead atoms. The Morgan fingerprint density at radius 3 is 2.53 bits per heavy atom. The number of hydrogen-bond acceptors (Lipinski definition) is 4. The van der Waals surface area contributed by atoms with Crippen LogP contribution in [0.25, 0.3) is 0 Å². The normalized spacial score (nSPS) is 17.3. The third-order valence-corrected chi connectivity index (χ3v) is 3.45. The smallest absolute Gasteiger partial charge is 0.423 e. The molecule has 2 heterocycles. The lowest BCUT2D eigenvalue weighted by atomic mass is 9.81. The molecular weight excluding hydrogens is 215 g/mol. The van der Waals surface area contributed by atoms with E-state index in [0.29, 0.717) is 5.46 Å². The van der Waals surface area contributed by atoms with Crippen LogP contribution in [0.15, 0.2) is 12.3 Å². The van der Waals surface area contributed by atoms with Gasteiger partial charge in [0.05, 0.1) is 0 Å². The summed E-state index contributed by atoms with van der Waals surface area (Å²) in [7, 11) is -1.43. The molecular formula is C12H19BN2O2. The molecule has 0 aliphatic carbocycles. The molecule has 1 aliphatic heterocycles. The van der Waals surface area contributed by atoms with E-state index < -0.39 is 7.12 Å². The quantitative estimate of drug-likeness (QED) is 0.723. The number of hydrogen-bond donors (Lipinski definition) is 2. The SMILES string of the molecule is Cc1cc(B(O)O)cnc1N1CCC(C)CC1. The number of piperidine rings is 1. The van der Waals surface area contributed by atoms with Crippen molar-refractivity contribution in [2.24, 2.45) is 5.92 Å². The van der Waals surface area contributed by atoms with E-state index in [1.165, 1.54) is 12.8 Å². The van der Waals surface area contributed by atoms with E-state index in [-0.39, 0.29) is 0 Å². The molecule has 0 aromatic carbocycles. The monoisotopic (exact) mass is 234 g/mol. The molecule has 2 N–H and O–H groups in total. The van der Waals surface area contributed by atoms with E-state index in [1.807, 2.05) is 6.92 Å². The highest BCUT2D eigenvalue weighted by molar-refractivity contribution is 6.58. The molecule has 1 fully saturated rings. The first-order valence-electron chi connectivity index (χ1n) is 6.15. The van der Waals surface area contributed by atoms with Crippen LogP contribution in [0.5, 0.6) is 0 Å². The minimum absolute atomic E-state index is 0.455. The lowest BCUT2D eigenvalue weighted by Crippen LogP contribution is -2.36. The summed E-state index contributed by atoms with van der Waals surface area (Å²) in [6.07, 6.45) is 3.95. The van der Waals surface area contributed by atoms with Gasteiger partial charge in [-0.25, -0.2) is 4.98 Å². The fourth-order valence-corrected chi connectivity index (χ4v) is 2.28. The Morgan fingerprint density at radius 1 is 1.35 bits per heavy atom. The summed E-state index contributed by atoms with van der Waals surface area (Å²) in [5.74, 6) is 1.77. The van der Waals surface area contributed by atoms with Crippen molar-refractivity contribution < 1.29 is 10.0 Å². The summed E-state index contributed by atoms with van der Waals surface area (Å²) in [5, 5.41) is 18.2. The third kappa shape index (κ3) is 2.79. The number of rotatable bonds is 2. The van der Waals surface area contributed by atoms with E-state index >= 15 is 0 Å². The number of aryl methyl sites for hydroxylation is 1. The zero-order valence-electron chi connectivity index (χ0n) is 10.4. The van der Waals surface area contributed by atoms with E-state index in [1.54, 1.807) is 12.3 Å². The summed E-state index contributed by atoms with van der Waals surface area (Å²) in [6, 6.07) is 1.80. The maximum Gasteiger partial charge on any atom is 0.490 e. The van der Waals surface area contributed by atoms with Gasteiger partial charge < -0.3 is 14.9 Å². The summed E-state index contributed by atoms with van der Waals surface area (Å²) < 4.78 is 0. The van der Waals surface area contributed by atoms with Crippen LogP contribution in [0, 0.1) is 12.8 Å². The number of anilines is 1. The Kier molecular flexibility index (Phi) is 3.69. The Labute approximate surface area is 102 Å². The molecule has 2 rings (SSSR count). The zero-order chi connectivity index (χ0) is 12.4. The largest absolute Gasteiger partial charge is 0.490 e. The molecule has 4 nitrogen and oxygen atoms in total. The molecule has 0 amide bonds. The molecule has 5 heteroatoms. The van der Waals surface area contributed by atoms with Gasteiger partial charge in [0.15, 0.2) is 0 Å². The summed E-state index contributed by atoms with van der Waals surface area (Å²) in [5.41, 5.74) is 1.46. The van der Waals surface area contributed by atoms with Crippen LogP contribution in [0.1, 0.15) is 25.3 Å². The Balaban J connectivity index is 2.16. The van der Waals surface area contributed by atoms with Crippen LogP contribution >= 0.6 is 0 Å². The van der Waals surface area contributed by atoms with Gasteiger partial charge in [0.1, 0.15) is 5.82 Å². The molecule has 1 aliphatic rings. The first kappa shape index (κ1) is 12.4. The molecule has 1 aromatic heterocycles. The first-order chi connectivity index (χ1) is 8.08. The van der Waals surface area contributed by atoms with Crippen molar-refractivity contribution >= 4 is 18.4 Å². The molecule has 0 atom stereocenters. The van der Waals surface area contributed by atoms with Gasteiger partial charge in [-0.2, -0.15) is 0 Å². The van der Waals surface area contributed by atoms with Crippen LogP contribution in [0.4, 0.5) is 5.82 Å². The molecule has 92 valence electrons. The molecule has 0 saturated carbocycles. The average molecular weight is 234 g/mol. The highest BCUT2D eigenvalue weighted by Gasteiger charge is 2.20. The predicted molar refractivity (Wildman–Crippen MR) is 69.4 cm³/mol. The third-order valence-electron chi connectivity index (χ3n) is 3.45. The van der Waals surface area contributed by atoms with Gasteiger partial charge in [-0.3, -0.25) is 0 Å². The van der Waals surface area contributed by atoms with Crippen molar-refractivity contribution in [3.05, 3.63) is 17.8 Å². The van der Waals surface area contributed by atoms with Crippen molar-refractivity contribution in [3.63, 3.8) is 0 Å². The summed E-state index contributed by atoms with van der Waals surface area (Å²) >= 11 is 0. The van der Waals surface area contributed by atoms with Gasteiger partial charge in [0.25, 0.3) is 0 Å². The van der Waals surface area contributed by atoms with Gasteiger partial charge in [-0.05, 0) is 31.2 Å². The Hall–Kier alpha value is -1.07. The van der Waals surface area contributed by atoms with Crippen LogP contribution in [0.3, 0.4) is 0 Å². The fourth-order valence-electron chi connectivity index (χ4n) is 2.28. The lowest BCUT2D eigenvalue weighted by molar-refractivity contribution is 0.425. The predicted octanol–water partition coefficient (Wildman–Crippen LogP) is 0.306. The first-order valence-corrected chi connectivity index (χ1v) is 6.15. The van der Waals surface area contributed by atoms with E-state index in [0.717, 1.165) is 30.4 Å². The topological polar surface area (TPSA) is 56.6 Å². The highest BCUT2D eigenvalue weighted by Crippen LogP contribution is 2.23. The van der Waals surface area contributed by atoms with Gasteiger partial charge in [0.2, 0.25) is 0 Å². The summed E-state index contributed by atoms with van der Waals surface area (Å²) in [4.78, 5) is 6.63. The number of pyridine rings is 1. The van der Waals surface area contributed by atoms with E-state index in [4.69, 9.17) is 10.0 Å². The second kappa shape index (κ2) is 5.06. The van der Waals surface area contributed by atoms with E-state index in [2.05, 4.69) is 16.8 Å². The molecule has 0 spiro atoms. The summed E-state index contributed by atoms with van der Waals surface area (Å²) in [6.45, 7) is 6.32. The van der Waals surface area contributed by atoms with Crippen molar-refractivity contribution in [2.75, 3.05) is 18.0 Å². The maximum atomic E-state index is 9.09. The minimum atomic E-state index is -1.43. The van der Waals surface area contributed by atoms with Gasteiger partial charge >= 0.3 is 7.12 Å². The Morgan fingerprint density at radius 2 is 2.00 bits per heavy atom. The van der Waals surface area contributed by atoms with Crippen molar-refractivity contribution in [2.45, 2.75) is 26.7 Å². The second-order valence-electron chi connectivity index (χ2n) is 4.95. The minimum Gasteiger partial charge on any atom is -0.423 e. The Bertz CT molecular complexity index is 390. The zero-order valence-corrected chi connectivity index (χ0v) is 10.4. The maximum absolute atomic E-state index is 9.09. The van der Waals surface area contributed by atoms with Crippen LogP contribution < -0.4 is 10.4 Å². The van der Waals surface area contributed by atoms with Gasteiger partial charge in [0, 0.05) is 24.7 Å². The van der Waals surface area contributed by atoms with E-state index in [9.17, 15) is 0 Å². The van der Waals surface area contributed by atoms with Crippen molar-refractivity contribution in [1.29, 1.82) is 0 Å². The van der Waals surface area contributed by atoms with Crippen LogP contribution in [0.2, 0.25) is 0 Å². The standard InChI is InChI=1S/C12H19BN2O2/c1-9-3-5-15(6-4-9)12-10(2)7-11(8-14-12)13(16)17/h7-9,16-17H,3-6H2,1-2H3. The molecule has 1 saturated heterocycles. The second-order valence-corrected chi connectivity index (χ2v) is 4.95. The van der Waals surface area contributed by atoms with Crippen molar-refractivity contribution in [1.82, 2.24) is 4.98 Å². The molecule has 0 radical (unpaired) electrons. The van der Waals surface area contributed by atoms with Crippen LogP contribution in [-0.2, 0) is 0 Å². The van der Waals surface area contributed by atoms with Crippen molar-refractivity contribution in [3.8, 4) is 0 Å². The molecule has 0 unspecified atom stereocenters. The fraction of sp³-hybridized carbons (Fsp3) is 0.583. The molecule has 17 heavy (non-hydrogen) atoms. The number of nitrogens with zero attached hydrogens (tertiary/aromatic N) is 2. The van der Waals surface area contributed by atoms with Crippen LogP contribution in [-0.4, -0.2) is 35.2 Å². The average Bonchev–Trinajstić information content (AvgIpc) is 2.30. The van der Waals surface area contributed by atoms with Gasteiger partial charge in [-0.1, -0.05) is 13.0 Å². The molecule has 1 aromatic rings. The highest BCUT2D eigenvalue weighted by atomic mass is 16.4. The van der Waals surface area contributed by atoms with Gasteiger partial charge in [-0.15, -0.1) is 0 Å². The number of aromatic nitrogens is 1. The lowest BCUT2D eigenvalue weighted by Gasteiger charge is -2.32.